The second-order valence-electron chi connectivity index (χ2n) is 2.28. The van der Waals surface area contributed by atoms with Crippen LogP contribution < -0.4 is 5.73 Å². The Hall–Kier alpha value is -1.42. The molecule has 0 saturated carbocycles. The number of nitrogens with zero attached hydrogens (tertiary/aromatic N) is 3. The minimum atomic E-state index is 0.135. The number of rotatable bonds is 0. The molecule has 2 rings (SSSR count). The number of nitrogens with two attached hydrogens (primary N) is 1. The van der Waals surface area contributed by atoms with Crippen molar-refractivity contribution in [2.75, 3.05) is 5.73 Å². The summed E-state index contributed by atoms with van der Waals surface area (Å²) in [5, 5.41) is 7.96. The van der Waals surface area contributed by atoms with Crippen molar-refractivity contribution in [1.82, 2.24) is 15.2 Å². The van der Waals surface area contributed by atoms with Crippen molar-refractivity contribution in [3.63, 3.8) is 0 Å². The first-order valence-electron chi connectivity index (χ1n) is 3.32. The largest absolute Gasteiger partial charge is 0.366 e. The first kappa shape index (κ1) is 7.24. The molecule has 0 amide bonds. The molecule has 0 aliphatic carbocycles. The maximum absolute atomic E-state index is 5.84. The van der Waals surface area contributed by atoms with E-state index in [-0.39, 0.29) is 5.95 Å². The molecule has 0 unspecified atom stereocenters. The maximum atomic E-state index is 5.84. The molecule has 12 heavy (non-hydrogen) atoms. The van der Waals surface area contributed by atoms with Gasteiger partial charge in [0.05, 0.1) is 5.02 Å². The quantitative estimate of drug-likeness (QED) is 0.663. The zero-order valence-corrected chi connectivity index (χ0v) is 6.78. The topological polar surface area (TPSA) is 64.7 Å². The van der Waals surface area contributed by atoms with E-state index in [9.17, 15) is 0 Å². The lowest BCUT2D eigenvalue weighted by molar-refractivity contribution is 1.04. The lowest BCUT2D eigenvalue weighted by Gasteiger charge is -1.97. The van der Waals surface area contributed by atoms with Crippen LogP contribution in [0.2, 0.25) is 5.02 Å². The summed E-state index contributed by atoms with van der Waals surface area (Å²) in [7, 11) is 0. The van der Waals surface area contributed by atoms with Gasteiger partial charge in [-0.3, -0.25) is 0 Å². The van der Waals surface area contributed by atoms with E-state index in [4.69, 9.17) is 17.3 Å². The average molecular weight is 181 g/mol. The third-order valence-corrected chi connectivity index (χ3v) is 1.76. The van der Waals surface area contributed by atoms with Crippen molar-refractivity contribution in [2.24, 2.45) is 0 Å². The summed E-state index contributed by atoms with van der Waals surface area (Å²) in [6.45, 7) is 0. The lowest BCUT2D eigenvalue weighted by atomic mass is 10.3. The van der Waals surface area contributed by atoms with E-state index in [2.05, 4.69) is 15.2 Å². The van der Waals surface area contributed by atoms with Gasteiger partial charge in [0.1, 0.15) is 11.0 Å². The molecule has 0 radical (unpaired) electrons. The van der Waals surface area contributed by atoms with Crippen molar-refractivity contribution in [3.8, 4) is 0 Å². The van der Waals surface area contributed by atoms with Gasteiger partial charge in [0, 0.05) is 0 Å². The highest BCUT2D eigenvalue weighted by Crippen LogP contribution is 2.18. The van der Waals surface area contributed by atoms with E-state index in [1.54, 1.807) is 18.2 Å². The summed E-state index contributed by atoms with van der Waals surface area (Å²) < 4.78 is 0. The van der Waals surface area contributed by atoms with Crippen LogP contribution >= 0.6 is 11.6 Å². The number of fused-ring (bicyclic) bond motifs is 1. The van der Waals surface area contributed by atoms with E-state index in [1.807, 2.05) is 0 Å². The van der Waals surface area contributed by atoms with Crippen LogP contribution in [0.15, 0.2) is 18.2 Å². The second kappa shape index (κ2) is 2.57. The van der Waals surface area contributed by atoms with Crippen molar-refractivity contribution in [3.05, 3.63) is 23.2 Å². The normalized spacial score (nSPS) is 10.4. The highest BCUT2D eigenvalue weighted by atomic mass is 35.5. The molecule has 0 fully saturated rings. The predicted octanol–water partition coefficient (Wildman–Crippen LogP) is 1.26. The van der Waals surface area contributed by atoms with Gasteiger partial charge in [-0.05, 0) is 12.1 Å². The van der Waals surface area contributed by atoms with Crippen LogP contribution in [0.1, 0.15) is 0 Å². The number of nitrogen functional groups attached to an aromatic ring is 1. The molecule has 2 aromatic rings. The molecular formula is C7H5ClN4. The van der Waals surface area contributed by atoms with Gasteiger partial charge in [0.2, 0.25) is 5.95 Å². The lowest BCUT2D eigenvalue weighted by Crippen LogP contribution is -1.97. The fourth-order valence-corrected chi connectivity index (χ4v) is 1.15. The fourth-order valence-electron chi connectivity index (χ4n) is 0.937. The van der Waals surface area contributed by atoms with Crippen LogP contribution in [0, 0.1) is 0 Å². The number of halogens is 1. The van der Waals surface area contributed by atoms with Crippen LogP contribution in [0.4, 0.5) is 5.95 Å². The number of hydrogen-bond donors (Lipinski definition) is 1. The van der Waals surface area contributed by atoms with E-state index in [0.717, 1.165) is 0 Å². The van der Waals surface area contributed by atoms with E-state index in [1.165, 1.54) is 0 Å². The Bertz CT molecular complexity index is 429. The summed E-state index contributed by atoms with van der Waals surface area (Å²) in [6, 6.07) is 5.30. The van der Waals surface area contributed by atoms with Crippen LogP contribution in [0.25, 0.3) is 11.0 Å². The summed E-state index contributed by atoms with van der Waals surface area (Å²) in [4.78, 5) is 3.95. The van der Waals surface area contributed by atoms with Gasteiger partial charge in [-0.2, -0.15) is 0 Å². The highest BCUT2D eigenvalue weighted by Gasteiger charge is 2.01. The van der Waals surface area contributed by atoms with E-state index >= 15 is 0 Å². The molecule has 0 aliphatic rings. The fraction of sp³-hybridized carbons (Fsp3) is 0. The molecule has 1 aromatic carbocycles. The van der Waals surface area contributed by atoms with Crippen LogP contribution in [-0.2, 0) is 0 Å². The summed E-state index contributed by atoms with van der Waals surface area (Å²) in [6.07, 6.45) is 0. The number of para-hydroxylation sites is 1. The molecule has 1 aromatic heterocycles. The third-order valence-electron chi connectivity index (χ3n) is 1.45. The Morgan fingerprint density at radius 3 is 2.92 bits per heavy atom. The van der Waals surface area contributed by atoms with E-state index in [0.29, 0.717) is 16.1 Å². The second-order valence-corrected chi connectivity index (χ2v) is 2.68. The third kappa shape index (κ3) is 1.06. The molecule has 1 heterocycles. The summed E-state index contributed by atoms with van der Waals surface area (Å²) in [5.74, 6) is 0.135. The van der Waals surface area contributed by atoms with Gasteiger partial charge in [0.15, 0.2) is 0 Å². The Kier molecular flexibility index (Phi) is 1.55. The molecule has 2 N–H and O–H groups in total. The van der Waals surface area contributed by atoms with Crippen molar-refractivity contribution < 1.29 is 0 Å². The molecule has 60 valence electrons. The average Bonchev–Trinajstić information content (AvgIpc) is 2.07. The summed E-state index contributed by atoms with van der Waals surface area (Å²) >= 11 is 5.84. The molecule has 0 spiro atoms. The van der Waals surface area contributed by atoms with Gasteiger partial charge in [-0.15, -0.1) is 10.2 Å². The number of anilines is 1. The number of aromatic nitrogens is 3. The highest BCUT2D eigenvalue weighted by molar-refractivity contribution is 6.34. The van der Waals surface area contributed by atoms with Gasteiger partial charge in [-0.1, -0.05) is 17.7 Å². The molecule has 0 saturated heterocycles. The Labute approximate surface area is 73.4 Å². The van der Waals surface area contributed by atoms with Gasteiger partial charge in [-0.25, -0.2) is 4.98 Å². The van der Waals surface area contributed by atoms with Crippen LogP contribution in [0.5, 0.6) is 0 Å². The molecule has 0 atom stereocenters. The molecule has 5 heteroatoms. The first-order chi connectivity index (χ1) is 5.77. The maximum Gasteiger partial charge on any atom is 0.240 e. The standard InChI is InChI=1S/C7H5ClN4/c8-4-2-1-3-5-6(4)10-7(9)12-11-5/h1-3H,(H2,9,10,12). The Morgan fingerprint density at radius 1 is 1.25 bits per heavy atom. The van der Waals surface area contributed by atoms with Gasteiger partial charge in [0.25, 0.3) is 0 Å². The molecule has 0 aliphatic heterocycles. The van der Waals surface area contributed by atoms with Crippen LogP contribution in [-0.4, -0.2) is 15.2 Å². The van der Waals surface area contributed by atoms with Gasteiger partial charge >= 0.3 is 0 Å². The predicted molar refractivity (Wildman–Crippen MR) is 46.8 cm³/mol. The molecule has 0 bridgehead atoms. The van der Waals surface area contributed by atoms with Crippen LogP contribution in [0.3, 0.4) is 0 Å². The number of hydrogen-bond acceptors (Lipinski definition) is 4. The summed E-state index contributed by atoms with van der Waals surface area (Å²) in [5.41, 5.74) is 6.59. The Balaban J connectivity index is 2.88. The number of benzene rings is 1. The van der Waals surface area contributed by atoms with Gasteiger partial charge < -0.3 is 5.73 Å². The minimum Gasteiger partial charge on any atom is -0.366 e. The van der Waals surface area contributed by atoms with Crippen molar-refractivity contribution in [1.29, 1.82) is 0 Å². The van der Waals surface area contributed by atoms with E-state index < -0.39 is 0 Å². The zero-order valence-electron chi connectivity index (χ0n) is 6.03. The van der Waals surface area contributed by atoms with Crippen molar-refractivity contribution in [2.45, 2.75) is 0 Å². The van der Waals surface area contributed by atoms with Crippen molar-refractivity contribution >= 4 is 28.6 Å². The monoisotopic (exact) mass is 180 g/mol. The minimum absolute atomic E-state index is 0.135. The first-order valence-corrected chi connectivity index (χ1v) is 3.69. The Morgan fingerprint density at radius 2 is 2.08 bits per heavy atom. The smallest absolute Gasteiger partial charge is 0.240 e. The SMILES string of the molecule is Nc1nnc2cccc(Cl)c2n1. The molecular weight excluding hydrogens is 176 g/mol. The molecule has 4 nitrogen and oxygen atoms in total. The zero-order chi connectivity index (χ0) is 8.55.